The van der Waals surface area contributed by atoms with Crippen LogP contribution in [-0.4, -0.2) is 40.6 Å². The summed E-state index contributed by atoms with van der Waals surface area (Å²) in [5.74, 6) is 1.41. The maximum Gasteiger partial charge on any atom is 0.264 e. The molecule has 0 unspecified atom stereocenters. The second-order valence-electron chi connectivity index (χ2n) is 7.44. The molecule has 7 heteroatoms. The van der Waals surface area contributed by atoms with Crippen LogP contribution in [0.4, 0.5) is 0 Å². The molecule has 0 aromatic heterocycles. The van der Waals surface area contributed by atoms with Gasteiger partial charge >= 0.3 is 0 Å². The third-order valence-corrected chi connectivity index (χ3v) is 5.85. The molecule has 1 N–H and O–H groups in total. The molecule has 1 aliphatic heterocycles. The molecule has 0 bridgehead atoms. The molecular formula is C16H27N3O3S. The molecule has 2 aliphatic rings. The normalized spacial score (nSPS) is 27.4. The van der Waals surface area contributed by atoms with Crippen LogP contribution in [0.2, 0.25) is 0 Å². The van der Waals surface area contributed by atoms with Gasteiger partial charge in [0, 0.05) is 18.3 Å². The zero-order valence-electron chi connectivity index (χ0n) is 14.2. The van der Waals surface area contributed by atoms with Crippen molar-refractivity contribution >= 4 is 17.7 Å². The maximum absolute atomic E-state index is 12.3. The molecule has 2 rings (SSSR count). The summed E-state index contributed by atoms with van der Waals surface area (Å²) in [5, 5.41) is 14.4. The van der Waals surface area contributed by atoms with Crippen LogP contribution in [0.1, 0.15) is 46.5 Å². The van der Waals surface area contributed by atoms with Gasteiger partial charge in [-0.15, -0.1) is 11.8 Å². The Bertz CT molecular complexity index is 479. The van der Waals surface area contributed by atoms with Gasteiger partial charge < -0.3 is 5.32 Å². The Morgan fingerprint density at radius 1 is 1.39 bits per heavy atom. The number of hydrogen-bond donors (Lipinski definition) is 1. The van der Waals surface area contributed by atoms with Crippen LogP contribution in [0.5, 0.6) is 0 Å². The smallest absolute Gasteiger partial charge is 0.264 e. The van der Waals surface area contributed by atoms with Crippen LogP contribution in [0, 0.1) is 21.4 Å². The van der Waals surface area contributed by atoms with E-state index < -0.39 is 4.92 Å². The number of nitrogens with one attached hydrogen (secondary N) is 1. The highest BCUT2D eigenvalue weighted by molar-refractivity contribution is 8.03. The Hall–Kier alpha value is -1.08. The van der Waals surface area contributed by atoms with Crippen molar-refractivity contribution in [2.24, 2.45) is 11.3 Å². The molecule has 0 atom stereocenters. The molecule has 1 saturated heterocycles. The molecule has 0 aromatic carbocycles. The van der Waals surface area contributed by atoms with Crippen LogP contribution in [0.25, 0.3) is 0 Å². The average Bonchev–Trinajstić information content (AvgIpc) is 2.91. The molecule has 1 heterocycles. The van der Waals surface area contributed by atoms with Gasteiger partial charge in [0.2, 0.25) is 5.91 Å². The lowest BCUT2D eigenvalue weighted by atomic mass is 9.71. The summed E-state index contributed by atoms with van der Waals surface area (Å²) in [6, 6.07) is 0.385. The fourth-order valence-corrected chi connectivity index (χ4v) is 4.36. The lowest BCUT2D eigenvalue weighted by Crippen LogP contribution is -2.42. The minimum Gasteiger partial charge on any atom is -0.306 e. The summed E-state index contributed by atoms with van der Waals surface area (Å²) in [6.07, 6.45) is 5.52. The van der Waals surface area contributed by atoms with Gasteiger partial charge in [0.15, 0.2) is 0 Å². The first-order chi connectivity index (χ1) is 10.8. The minimum atomic E-state index is -0.491. The summed E-state index contributed by atoms with van der Waals surface area (Å²) < 4.78 is 0. The van der Waals surface area contributed by atoms with E-state index in [-0.39, 0.29) is 12.5 Å². The van der Waals surface area contributed by atoms with E-state index in [1.165, 1.54) is 29.5 Å². The van der Waals surface area contributed by atoms with E-state index >= 15 is 0 Å². The van der Waals surface area contributed by atoms with Crippen molar-refractivity contribution in [1.82, 2.24) is 10.2 Å². The van der Waals surface area contributed by atoms with Gasteiger partial charge in [-0.3, -0.25) is 19.8 Å². The third kappa shape index (κ3) is 5.21. The lowest BCUT2D eigenvalue weighted by molar-refractivity contribution is -0.403. The molecule has 1 aliphatic carbocycles. The van der Waals surface area contributed by atoms with E-state index in [0.717, 1.165) is 30.7 Å². The predicted octanol–water partition coefficient (Wildman–Crippen LogP) is 2.83. The zero-order chi connectivity index (χ0) is 17.0. The summed E-state index contributed by atoms with van der Waals surface area (Å²) in [7, 11) is 0. The van der Waals surface area contributed by atoms with Gasteiger partial charge in [0.1, 0.15) is 5.03 Å². The Kier molecular flexibility index (Phi) is 6.08. The Morgan fingerprint density at radius 2 is 2.04 bits per heavy atom. The van der Waals surface area contributed by atoms with Crippen LogP contribution in [0.15, 0.2) is 11.2 Å². The number of carbonyl (C=O) groups is 1. The fourth-order valence-electron chi connectivity index (χ4n) is 3.36. The van der Waals surface area contributed by atoms with E-state index in [2.05, 4.69) is 26.1 Å². The molecule has 0 spiro atoms. The van der Waals surface area contributed by atoms with Crippen molar-refractivity contribution in [1.29, 1.82) is 0 Å². The molecule has 23 heavy (non-hydrogen) atoms. The lowest BCUT2D eigenvalue weighted by Gasteiger charge is -2.37. The van der Waals surface area contributed by atoms with E-state index in [0.29, 0.717) is 23.0 Å². The largest absolute Gasteiger partial charge is 0.306 e. The van der Waals surface area contributed by atoms with Gasteiger partial charge in [-0.25, -0.2) is 0 Å². The molecule has 130 valence electrons. The van der Waals surface area contributed by atoms with E-state index in [1.807, 2.05) is 0 Å². The summed E-state index contributed by atoms with van der Waals surface area (Å²) in [6.45, 7) is 7.71. The average molecular weight is 341 g/mol. The second-order valence-corrected chi connectivity index (χ2v) is 8.56. The number of thioether (sulfide) groups is 1. The standard InChI is InChI=1S/C16H27N3O3S/c1-16(2,3)12-4-6-13(7-5-12)17-10-14(20)18-8-9-23-15(18)11-19(21)22/h11-13,17H,4-10H2,1-3H3/b15-11-. The highest BCUT2D eigenvalue weighted by atomic mass is 32.2. The Labute approximate surface area is 142 Å². The second kappa shape index (κ2) is 7.66. The molecule has 1 amide bonds. The molecule has 0 aromatic rings. The van der Waals surface area contributed by atoms with Crippen molar-refractivity contribution in [3.63, 3.8) is 0 Å². The monoisotopic (exact) mass is 341 g/mol. The van der Waals surface area contributed by atoms with Gasteiger partial charge in [-0.2, -0.15) is 0 Å². The highest BCUT2D eigenvalue weighted by Gasteiger charge is 2.31. The van der Waals surface area contributed by atoms with Crippen LogP contribution in [-0.2, 0) is 4.79 Å². The number of nitrogens with zero attached hydrogens (tertiary/aromatic N) is 2. The molecule has 0 radical (unpaired) electrons. The van der Waals surface area contributed by atoms with E-state index in [9.17, 15) is 14.9 Å². The van der Waals surface area contributed by atoms with Gasteiger partial charge in [0.25, 0.3) is 6.20 Å². The van der Waals surface area contributed by atoms with E-state index in [1.54, 1.807) is 0 Å². The van der Waals surface area contributed by atoms with Crippen molar-refractivity contribution < 1.29 is 9.72 Å². The predicted molar refractivity (Wildman–Crippen MR) is 92.5 cm³/mol. The van der Waals surface area contributed by atoms with Gasteiger partial charge in [0.05, 0.1) is 11.5 Å². The number of nitro groups is 1. The quantitative estimate of drug-likeness (QED) is 0.628. The third-order valence-electron chi connectivity index (χ3n) is 4.84. The van der Waals surface area contributed by atoms with Crippen LogP contribution < -0.4 is 5.32 Å². The summed E-state index contributed by atoms with van der Waals surface area (Å²) in [5.41, 5.74) is 0.357. The number of carbonyl (C=O) groups excluding carboxylic acids is 1. The first kappa shape index (κ1) is 18.3. The van der Waals surface area contributed by atoms with Gasteiger partial charge in [-0.1, -0.05) is 20.8 Å². The minimum absolute atomic E-state index is 0.0685. The highest BCUT2D eigenvalue weighted by Crippen LogP contribution is 2.37. The first-order valence-electron chi connectivity index (χ1n) is 8.29. The number of amides is 1. The number of hydrogen-bond acceptors (Lipinski definition) is 5. The Morgan fingerprint density at radius 3 is 2.61 bits per heavy atom. The summed E-state index contributed by atoms with van der Waals surface area (Å²) in [4.78, 5) is 23.9. The van der Waals surface area contributed by atoms with Gasteiger partial charge in [-0.05, 0) is 37.0 Å². The Balaban J connectivity index is 1.78. The first-order valence-corrected chi connectivity index (χ1v) is 9.28. The maximum atomic E-state index is 12.3. The molecule has 1 saturated carbocycles. The van der Waals surface area contributed by atoms with Crippen molar-refractivity contribution in [3.05, 3.63) is 21.3 Å². The molecule has 6 nitrogen and oxygen atoms in total. The molecular weight excluding hydrogens is 314 g/mol. The molecule has 2 fully saturated rings. The van der Waals surface area contributed by atoms with Crippen molar-refractivity contribution in [3.8, 4) is 0 Å². The van der Waals surface area contributed by atoms with Crippen molar-refractivity contribution in [2.45, 2.75) is 52.5 Å². The van der Waals surface area contributed by atoms with Crippen LogP contribution >= 0.6 is 11.8 Å². The van der Waals surface area contributed by atoms with Crippen molar-refractivity contribution in [2.75, 3.05) is 18.8 Å². The number of rotatable bonds is 4. The summed E-state index contributed by atoms with van der Waals surface area (Å²) >= 11 is 1.37. The zero-order valence-corrected chi connectivity index (χ0v) is 15.0. The van der Waals surface area contributed by atoms with Crippen LogP contribution in [0.3, 0.4) is 0 Å². The van der Waals surface area contributed by atoms with E-state index in [4.69, 9.17) is 0 Å². The SMILES string of the molecule is CC(C)(C)C1CCC(NCC(=O)N2CCS/C2=C\[N+](=O)[O-])CC1. The topological polar surface area (TPSA) is 75.5 Å². The fraction of sp³-hybridized carbons (Fsp3) is 0.812.